The van der Waals surface area contributed by atoms with Crippen molar-refractivity contribution < 1.29 is 34.7 Å². The Bertz CT molecular complexity index is 1340. The first-order chi connectivity index (χ1) is 14.9. The van der Waals surface area contributed by atoms with Gasteiger partial charge in [-0.1, -0.05) is 48.5 Å². The van der Waals surface area contributed by atoms with Crippen LogP contribution >= 0.6 is 0 Å². The lowest BCUT2D eigenvalue weighted by molar-refractivity contribution is -0.216. The predicted molar refractivity (Wildman–Crippen MR) is 113 cm³/mol. The van der Waals surface area contributed by atoms with Crippen LogP contribution < -0.4 is 0 Å². The molecule has 0 aromatic heterocycles. The summed E-state index contributed by atoms with van der Waals surface area (Å²) in [5, 5.41) is 33.8. The number of phenolic OH excluding ortho intramolecular Hbond substituents is 1. The lowest BCUT2D eigenvalue weighted by atomic mass is 9.90. The summed E-state index contributed by atoms with van der Waals surface area (Å²) in [5.41, 5.74) is 0.332. The Labute approximate surface area is 176 Å². The van der Waals surface area contributed by atoms with Crippen LogP contribution in [0.25, 0.3) is 21.5 Å². The number of rotatable bonds is 5. The number of carboxylic acid groups (broad SMARTS) is 1. The van der Waals surface area contributed by atoms with Gasteiger partial charge in [-0.25, -0.2) is 9.59 Å². The van der Waals surface area contributed by atoms with Crippen LogP contribution in [-0.4, -0.2) is 34.4 Å². The molecule has 0 unspecified atom stereocenters. The number of benzene rings is 4. The van der Waals surface area contributed by atoms with Gasteiger partial charge in [-0.3, -0.25) is 4.89 Å². The number of carbonyl (C=O) groups excluding carboxylic acids is 1. The van der Waals surface area contributed by atoms with E-state index in [0.717, 1.165) is 0 Å². The molecule has 156 valence electrons. The van der Waals surface area contributed by atoms with Crippen molar-refractivity contribution in [1.29, 1.82) is 0 Å². The monoisotopic (exact) mass is 418 g/mol. The molecule has 0 aliphatic heterocycles. The highest BCUT2D eigenvalue weighted by Crippen LogP contribution is 2.38. The van der Waals surface area contributed by atoms with Gasteiger partial charge in [0, 0.05) is 17.5 Å². The van der Waals surface area contributed by atoms with Crippen LogP contribution in [0.5, 0.6) is 11.5 Å². The molecule has 3 N–H and O–H groups in total. The fourth-order valence-electron chi connectivity index (χ4n) is 3.80. The number of fused-ring (bicyclic) bond motifs is 2. The van der Waals surface area contributed by atoms with Crippen LogP contribution in [0.15, 0.2) is 60.7 Å². The third-order valence-corrected chi connectivity index (χ3v) is 5.22. The molecule has 7 heteroatoms. The summed E-state index contributed by atoms with van der Waals surface area (Å²) < 4.78 is 0. The third kappa shape index (κ3) is 3.51. The molecule has 7 nitrogen and oxygen atoms in total. The maximum atomic E-state index is 12.3. The fourth-order valence-corrected chi connectivity index (χ4v) is 3.80. The second-order valence-corrected chi connectivity index (χ2v) is 6.96. The number of carboxylic acids is 1. The van der Waals surface area contributed by atoms with Crippen molar-refractivity contribution in [2.45, 2.75) is 6.42 Å². The van der Waals surface area contributed by atoms with Gasteiger partial charge in [0.25, 0.3) is 0 Å². The molecule has 31 heavy (non-hydrogen) atoms. The van der Waals surface area contributed by atoms with Crippen molar-refractivity contribution in [2.24, 2.45) is 0 Å². The predicted octanol–water partition coefficient (Wildman–Crippen LogP) is 4.41. The summed E-state index contributed by atoms with van der Waals surface area (Å²) in [6.07, 6.45) is -0.0199. The number of aromatic hydroxyl groups is 2. The minimum atomic E-state index is -1.27. The summed E-state index contributed by atoms with van der Waals surface area (Å²) in [5.74, 6) is -2.86. The molecule has 0 fully saturated rings. The van der Waals surface area contributed by atoms with E-state index in [1.807, 2.05) is 0 Å². The first-order valence-electron chi connectivity index (χ1n) is 9.37. The van der Waals surface area contributed by atoms with Crippen molar-refractivity contribution in [3.8, 4) is 11.5 Å². The van der Waals surface area contributed by atoms with Gasteiger partial charge in [-0.2, -0.15) is 4.89 Å². The van der Waals surface area contributed by atoms with Gasteiger partial charge < -0.3 is 15.3 Å². The minimum Gasteiger partial charge on any atom is -0.507 e. The lowest BCUT2D eigenvalue weighted by Crippen LogP contribution is -2.07. The number of phenols is 2. The highest BCUT2D eigenvalue weighted by Gasteiger charge is 2.23. The maximum Gasteiger partial charge on any atom is 0.376 e. The van der Waals surface area contributed by atoms with E-state index in [2.05, 4.69) is 9.78 Å². The summed E-state index contributed by atoms with van der Waals surface area (Å²) in [6, 6.07) is 17.1. The summed E-state index contributed by atoms with van der Waals surface area (Å²) in [7, 11) is 1.18. The normalized spacial score (nSPS) is 11.0. The van der Waals surface area contributed by atoms with E-state index >= 15 is 0 Å². The maximum absolute atomic E-state index is 12.3. The Morgan fingerprint density at radius 2 is 1.29 bits per heavy atom. The van der Waals surface area contributed by atoms with E-state index in [1.165, 1.54) is 19.2 Å². The van der Waals surface area contributed by atoms with Crippen molar-refractivity contribution in [2.75, 3.05) is 7.11 Å². The molecular formula is C24H18O7. The highest BCUT2D eigenvalue weighted by atomic mass is 17.2. The molecule has 0 aliphatic rings. The molecule has 0 saturated carbocycles. The van der Waals surface area contributed by atoms with Gasteiger partial charge in [-0.05, 0) is 33.7 Å². The molecule has 0 atom stereocenters. The van der Waals surface area contributed by atoms with Crippen molar-refractivity contribution in [3.63, 3.8) is 0 Å². The first-order valence-corrected chi connectivity index (χ1v) is 9.37. The fraction of sp³-hybridized carbons (Fsp3) is 0.0833. The molecule has 0 bridgehead atoms. The Hall–Kier alpha value is -4.10. The average molecular weight is 418 g/mol. The first kappa shape index (κ1) is 20.2. The zero-order valence-corrected chi connectivity index (χ0v) is 16.5. The van der Waals surface area contributed by atoms with Crippen LogP contribution in [0.1, 0.15) is 31.8 Å². The molecule has 0 heterocycles. The number of carbonyl (C=O) groups is 2. The molecule has 0 spiro atoms. The molecule has 4 aromatic carbocycles. The summed E-state index contributed by atoms with van der Waals surface area (Å²) in [4.78, 5) is 33.0. The van der Waals surface area contributed by atoms with E-state index in [0.29, 0.717) is 32.7 Å². The van der Waals surface area contributed by atoms with Crippen LogP contribution in [0.4, 0.5) is 0 Å². The Morgan fingerprint density at radius 3 is 1.81 bits per heavy atom. The van der Waals surface area contributed by atoms with E-state index < -0.39 is 11.9 Å². The highest BCUT2D eigenvalue weighted by molar-refractivity contribution is 6.02. The van der Waals surface area contributed by atoms with Gasteiger partial charge in [0.1, 0.15) is 22.6 Å². The van der Waals surface area contributed by atoms with Gasteiger partial charge in [-0.15, -0.1) is 0 Å². The standard InChI is InChI=1S/C24H18O7/c1-30-31-24(29)20-11-14-7-3-5-9-16(14)18(22(20)26)12-17-15-8-4-2-6-13(15)10-19(21(17)25)23(27)28/h2-11,25-26H,12H2,1H3,(H,27,28). The topological polar surface area (TPSA) is 113 Å². The molecule has 4 rings (SSSR count). The lowest BCUT2D eigenvalue weighted by Gasteiger charge is -2.16. The van der Waals surface area contributed by atoms with Crippen LogP contribution in [-0.2, 0) is 16.2 Å². The second kappa shape index (κ2) is 7.97. The largest absolute Gasteiger partial charge is 0.507 e. The Kier molecular flexibility index (Phi) is 5.19. The third-order valence-electron chi connectivity index (χ3n) is 5.22. The van der Waals surface area contributed by atoms with E-state index in [1.54, 1.807) is 48.5 Å². The molecule has 0 saturated heterocycles. The summed E-state index contributed by atoms with van der Waals surface area (Å²) in [6.45, 7) is 0. The van der Waals surface area contributed by atoms with E-state index in [9.17, 15) is 24.9 Å². The minimum absolute atomic E-state index is 0.0199. The van der Waals surface area contributed by atoms with Crippen LogP contribution in [0.3, 0.4) is 0 Å². The van der Waals surface area contributed by atoms with Crippen LogP contribution in [0, 0.1) is 0 Å². The van der Waals surface area contributed by atoms with E-state index in [-0.39, 0.29) is 29.0 Å². The molecule has 4 aromatic rings. The Morgan fingerprint density at radius 1 is 0.806 bits per heavy atom. The van der Waals surface area contributed by atoms with Crippen LogP contribution in [0.2, 0.25) is 0 Å². The number of hydrogen-bond acceptors (Lipinski definition) is 6. The average Bonchev–Trinajstić information content (AvgIpc) is 2.76. The zero-order valence-electron chi connectivity index (χ0n) is 16.5. The zero-order chi connectivity index (χ0) is 22.1. The summed E-state index contributed by atoms with van der Waals surface area (Å²) >= 11 is 0. The van der Waals surface area contributed by atoms with Crippen molar-refractivity contribution in [3.05, 3.63) is 82.9 Å². The molecule has 0 amide bonds. The quantitative estimate of drug-likeness (QED) is 0.325. The Balaban J connectivity index is 2.00. The second-order valence-electron chi connectivity index (χ2n) is 6.96. The van der Waals surface area contributed by atoms with Crippen molar-refractivity contribution in [1.82, 2.24) is 0 Å². The van der Waals surface area contributed by atoms with Gasteiger partial charge in [0.15, 0.2) is 0 Å². The SMILES string of the molecule is COOC(=O)c1cc2ccccc2c(Cc2c(O)c(C(=O)O)cc3ccccc23)c1O. The number of aromatic carboxylic acids is 1. The van der Waals surface area contributed by atoms with Crippen molar-refractivity contribution >= 4 is 33.5 Å². The number of hydrogen-bond donors (Lipinski definition) is 3. The molecule has 0 aliphatic carbocycles. The van der Waals surface area contributed by atoms with E-state index in [4.69, 9.17) is 0 Å². The molecular weight excluding hydrogens is 400 g/mol. The van der Waals surface area contributed by atoms with Gasteiger partial charge in [0.05, 0.1) is 7.11 Å². The van der Waals surface area contributed by atoms with Gasteiger partial charge >= 0.3 is 11.9 Å². The molecule has 0 radical (unpaired) electrons. The van der Waals surface area contributed by atoms with Gasteiger partial charge in [0.2, 0.25) is 0 Å². The smallest absolute Gasteiger partial charge is 0.376 e.